The Hall–Kier alpha value is -2.40. The first-order chi connectivity index (χ1) is 10.2. The summed E-state index contributed by atoms with van der Waals surface area (Å²) >= 11 is 5.84. The molecule has 2 aromatic heterocycles. The summed E-state index contributed by atoms with van der Waals surface area (Å²) in [6.45, 7) is 2.05. The molecule has 0 unspecified atom stereocenters. The summed E-state index contributed by atoms with van der Waals surface area (Å²) in [5.74, 6) is -0.433. The summed E-state index contributed by atoms with van der Waals surface area (Å²) in [5.41, 5.74) is 3.01. The Balaban J connectivity index is 2.28. The molecule has 1 N–H and O–H groups in total. The fourth-order valence-corrected chi connectivity index (χ4v) is 2.31. The van der Waals surface area contributed by atoms with Crippen LogP contribution in [0.2, 0.25) is 5.28 Å². The molecule has 0 aliphatic carbocycles. The minimum Gasteiger partial charge on any atom is -0.462 e. The van der Waals surface area contributed by atoms with Gasteiger partial charge in [0, 0.05) is 0 Å². The van der Waals surface area contributed by atoms with E-state index in [0.717, 1.165) is 5.56 Å². The van der Waals surface area contributed by atoms with E-state index in [-0.39, 0.29) is 5.28 Å². The number of fused-ring (bicyclic) bond motifs is 1. The Bertz CT molecular complexity index is 799. The lowest BCUT2D eigenvalue weighted by Gasteiger charge is -2.04. The average molecular weight is 302 g/mol. The zero-order valence-corrected chi connectivity index (χ0v) is 12.0. The monoisotopic (exact) mass is 301 g/mol. The van der Waals surface area contributed by atoms with Crippen LogP contribution in [0.4, 0.5) is 0 Å². The zero-order chi connectivity index (χ0) is 14.8. The standard InChI is InChI=1S/C15H12ClN3O2/c1-2-21-14(20)11-12(9-6-4-3-5-7-9)18-10-8-17-15(16)19-13(10)11/h3-8,18H,2H2,1H3. The van der Waals surface area contributed by atoms with E-state index in [9.17, 15) is 4.79 Å². The Kier molecular flexibility index (Phi) is 3.58. The summed E-state index contributed by atoms with van der Waals surface area (Å²) in [6, 6.07) is 9.51. The van der Waals surface area contributed by atoms with Crippen molar-refractivity contribution in [3.63, 3.8) is 0 Å². The molecule has 0 radical (unpaired) electrons. The number of esters is 1. The molecule has 2 heterocycles. The maximum atomic E-state index is 12.3. The van der Waals surface area contributed by atoms with Crippen molar-refractivity contribution in [3.05, 3.63) is 47.4 Å². The molecule has 0 spiro atoms. The maximum Gasteiger partial charge on any atom is 0.342 e. The second-order valence-electron chi connectivity index (χ2n) is 4.36. The van der Waals surface area contributed by atoms with Crippen molar-refractivity contribution >= 4 is 28.6 Å². The largest absolute Gasteiger partial charge is 0.462 e. The number of hydrogen-bond acceptors (Lipinski definition) is 4. The SMILES string of the molecule is CCOC(=O)c1c(-c2ccccc2)[nH]c2cnc(Cl)nc12. The van der Waals surface area contributed by atoms with Crippen molar-refractivity contribution in [2.75, 3.05) is 6.61 Å². The van der Waals surface area contributed by atoms with Crippen LogP contribution in [0.5, 0.6) is 0 Å². The molecule has 21 heavy (non-hydrogen) atoms. The molecule has 0 fully saturated rings. The van der Waals surface area contributed by atoms with Crippen molar-refractivity contribution in [2.24, 2.45) is 0 Å². The molecular formula is C15H12ClN3O2. The van der Waals surface area contributed by atoms with Gasteiger partial charge < -0.3 is 9.72 Å². The van der Waals surface area contributed by atoms with Crippen LogP contribution in [0.3, 0.4) is 0 Å². The van der Waals surface area contributed by atoms with Crippen molar-refractivity contribution in [2.45, 2.75) is 6.92 Å². The lowest BCUT2D eigenvalue weighted by atomic mass is 10.1. The highest BCUT2D eigenvalue weighted by Crippen LogP contribution is 2.30. The fraction of sp³-hybridized carbons (Fsp3) is 0.133. The van der Waals surface area contributed by atoms with Gasteiger partial charge in [-0.2, -0.15) is 0 Å². The first kappa shape index (κ1) is 13.6. The van der Waals surface area contributed by atoms with Crippen molar-refractivity contribution < 1.29 is 9.53 Å². The Labute approximate surface area is 125 Å². The number of aromatic nitrogens is 3. The zero-order valence-electron chi connectivity index (χ0n) is 11.3. The minimum absolute atomic E-state index is 0.0895. The van der Waals surface area contributed by atoms with E-state index in [1.165, 1.54) is 0 Å². The molecule has 3 rings (SSSR count). The number of rotatable bonds is 3. The summed E-state index contributed by atoms with van der Waals surface area (Å²) in [5, 5.41) is 0.0895. The third-order valence-electron chi connectivity index (χ3n) is 3.05. The van der Waals surface area contributed by atoms with Crippen LogP contribution in [0.25, 0.3) is 22.3 Å². The van der Waals surface area contributed by atoms with Gasteiger partial charge in [-0.25, -0.2) is 14.8 Å². The Morgan fingerprint density at radius 2 is 2.10 bits per heavy atom. The van der Waals surface area contributed by atoms with Crippen molar-refractivity contribution in [1.29, 1.82) is 0 Å². The third-order valence-corrected chi connectivity index (χ3v) is 3.23. The van der Waals surface area contributed by atoms with Gasteiger partial charge in [0.15, 0.2) is 0 Å². The van der Waals surface area contributed by atoms with Crippen LogP contribution in [0.1, 0.15) is 17.3 Å². The molecule has 6 heteroatoms. The van der Waals surface area contributed by atoms with E-state index in [1.807, 2.05) is 30.3 Å². The number of carbonyl (C=O) groups excluding carboxylic acids is 1. The van der Waals surface area contributed by atoms with Crippen LogP contribution in [0, 0.1) is 0 Å². The van der Waals surface area contributed by atoms with Crippen LogP contribution >= 0.6 is 11.6 Å². The molecule has 0 aliphatic rings. The van der Waals surface area contributed by atoms with Gasteiger partial charge in [-0.05, 0) is 24.1 Å². The highest BCUT2D eigenvalue weighted by atomic mass is 35.5. The lowest BCUT2D eigenvalue weighted by molar-refractivity contribution is 0.0529. The number of carbonyl (C=O) groups is 1. The number of aromatic amines is 1. The van der Waals surface area contributed by atoms with Gasteiger partial charge in [0.05, 0.1) is 24.0 Å². The normalized spacial score (nSPS) is 10.8. The molecule has 5 nitrogen and oxygen atoms in total. The number of halogens is 1. The molecular weight excluding hydrogens is 290 g/mol. The van der Waals surface area contributed by atoms with E-state index < -0.39 is 5.97 Å². The van der Waals surface area contributed by atoms with Gasteiger partial charge in [0.25, 0.3) is 0 Å². The quantitative estimate of drug-likeness (QED) is 0.594. The number of nitrogens with zero attached hydrogens (tertiary/aromatic N) is 2. The van der Waals surface area contributed by atoms with Gasteiger partial charge in [-0.1, -0.05) is 30.3 Å². The Morgan fingerprint density at radius 3 is 2.81 bits per heavy atom. The molecule has 3 aromatic rings. The molecule has 106 valence electrons. The number of hydrogen-bond donors (Lipinski definition) is 1. The molecule has 0 bridgehead atoms. The molecule has 0 aliphatic heterocycles. The van der Waals surface area contributed by atoms with E-state index in [0.29, 0.717) is 28.9 Å². The fourth-order valence-electron chi connectivity index (χ4n) is 2.18. The van der Waals surface area contributed by atoms with Crippen molar-refractivity contribution in [3.8, 4) is 11.3 Å². The van der Waals surface area contributed by atoms with Gasteiger partial charge in [-0.3, -0.25) is 0 Å². The van der Waals surface area contributed by atoms with Crippen molar-refractivity contribution in [1.82, 2.24) is 15.0 Å². The first-order valence-electron chi connectivity index (χ1n) is 6.47. The van der Waals surface area contributed by atoms with Crippen LogP contribution in [0.15, 0.2) is 36.5 Å². The Morgan fingerprint density at radius 1 is 1.33 bits per heavy atom. The average Bonchev–Trinajstić information content (AvgIpc) is 2.87. The summed E-state index contributed by atoms with van der Waals surface area (Å²) < 4.78 is 5.13. The van der Waals surface area contributed by atoms with Crippen LogP contribution in [-0.4, -0.2) is 27.5 Å². The van der Waals surface area contributed by atoms with E-state index in [1.54, 1.807) is 13.1 Å². The molecule has 0 amide bonds. The van der Waals surface area contributed by atoms with E-state index >= 15 is 0 Å². The van der Waals surface area contributed by atoms with E-state index in [2.05, 4.69) is 15.0 Å². The molecule has 0 saturated carbocycles. The molecule has 0 saturated heterocycles. The van der Waals surface area contributed by atoms with Gasteiger partial charge in [0.2, 0.25) is 5.28 Å². The third kappa shape index (κ3) is 2.48. The maximum absolute atomic E-state index is 12.3. The summed E-state index contributed by atoms with van der Waals surface area (Å²) in [6.07, 6.45) is 1.56. The van der Waals surface area contributed by atoms with Gasteiger partial charge in [-0.15, -0.1) is 0 Å². The highest BCUT2D eigenvalue weighted by Gasteiger charge is 2.22. The predicted molar refractivity (Wildman–Crippen MR) is 80.3 cm³/mol. The molecule has 1 aromatic carbocycles. The number of ether oxygens (including phenoxy) is 1. The second-order valence-corrected chi connectivity index (χ2v) is 4.70. The van der Waals surface area contributed by atoms with E-state index in [4.69, 9.17) is 16.3 Å². The van der Waals surface area contributed by atoms with Gasteiger partial charge >= 0.3 is 5.97 Å². The van der Waals surface area contributed by atoms with Crippen LogP contribution < -0.4 is 0 Å². The number of nitrogens with one attached hydrogen (secondary N) is 1. The lowest BCUT2D eigenvalue weighted by Crippen LogP contribution is -2.06. The summed E-state index contributed by atoms with van der Waals surface area (Å²) in [7, 11) is 0. The smallest absolute Gasteiger partial charge is 0.342 e. The summed E-state index contributed by atoms with van der Waals surface area (Å²) in [4.78, 5) is 23.5. The first-order valence-corrected chi connectivity index (χ1v) is 6.85. The topological polar surface area (TPSA) is 67.9 Å². The van der Waals surface area contributed by atoms with Crippen LogP contribution in [-0.2, 0) is 4.74 Å². The highest BCUT2D eigenvalue weighted by molar-refractivity contribution is 6.28. The predicted octanol–water partition coefficient (Wildman–Crippen LogP) is 3.46. The number of benzene rings is 1. The molecule has 0 atom stereocenters. The van der Waals surface area contributed by atoms with Gasteiger partial charge in [0.1, 0.15) is 11.1 Å². The minimum atomic E-state index is -0.433. The number of H-pyrrole nitrogens is 1. The second kappa shape index (κ2) is 5.54.